The van der Waals surface area contributed by atoms with E-state index >= 15 is 0 Å². The van der Waals surface area contributed by atoms with E-state index < -0.39 is 0 Å². The number of thiazole rings is 1. The zero-order valence-electron chi connectivity index (χ0n) is 14.9. The summed E-state index contributed by atoms with van der Waals surface area (Å²) >= 11 is 3.07. The fourth-order valence-electron chi connectivity index (χ4n) is 3.47. The van der Waals surface area contributed by atoms with Crippen LogP contribution < -0.4 is 10.6 Å². The molecule has 6 nitrogen and oxygen atoms in total. The van der Waals surface area contributed by atoms with Crippen LogP contribution in [0.5, 0.6) is 0 Å². The molecule has 2 aliphatic rings. The Balaban J connectivity index is 1.34. The lowest BCUT2D eigenvalue weighted by molar-refractivity contribution is -0.126. The van der Waals surface area contributed by atoms with Gasteiger partial charge in [-0.2, -0.15) is 0 Å². The van der Waals surface area contributed by atoms with Gasteiger partial charge in [0, 0.05) is 34.8 Å². The highest BCUT2D eigenvalue weighted by Crippen LogP contribution is 2.28. The Labute approximate surface area is 166 Å². The Morgan fingerprint density at radius 3 is 2.93 bits per heavy atom. The first-order valence-corrected chi connectivity index (χ1v) is 10.9. The first-order valence-electron chi connectivity index (χ1n) is 9.24. The smallest absolute Gasteiger partial charge is 0.321 e. The number of carbonyl (C=O) groups excluding carboxylic acids is 2. The molecule has 1 saturated carbocycles. The van der Waals surface area contributed by atoms with Gasteiger partial charge in [0.25, 0.3) is 0 Å². The highest BCUT2D eigenvalue weighted by Gasteiger charge is 2.24. The van der Waals surface area contributed by atoms with Crippen molar-refractivity contribution in [3.63, 3.8) is 0 Å². The standard InChI is InChI=1S/C19H22N4O2S2/c24-17(8-7-14-6-3-11-26-14)23-10-9-15-16(12-23)27-19(21-15)22-18(25)20-13-4-1-2-5-13/h3,6-8,11,13H,1-2,4-5,9-10,12H2,(H2,20,21,22,25)/b8-7+. The predicted molar refractivity (Wildman–Crippen MR) is 109 cm³/mol. The zero-order chi connectivity index (χ0) is 18.6. The molecule has 4 rings (SSSR count). The van der Waals surface area contributed by atoms with E-state index in [1.165, 1.54) is 24.2 Å². The van der Waals surface area contributed by atoms with Gasteiger partial charge in [0.1, 0.15) is 0 Å². The van der Waals surface area contributed by atoms with Crippen LogP contribution in [0.2, 0.25) is 0 Å². The molecule has 0 radical (unpaired) electrons. The second-order valence-corrected chi connectivity index (χ2v) is 8.89. The molecule has 1 fully saturated rings. The first kappa shape index (κ1) is 18.2. The van der Waals surface area contributed by atoms with Crippen LogP contribution >= 0.6 is 22.7 Å². The molecule has 0 spiro atoms. The Morgan fingerprint density at radius 2 is 2.15 bits per heavy atom. The number of rotatable bonds is 4. The summed E-state index contributed by atoms with van der Waals surface area (Å²) < 4.78 is 0. The second-order valence-electron chi connectivity index (χ2n) is 6.83. The highest BCUT2D eigenvalue weighted by atomic mass is 32.1. The van der Waals surface area contributed by atoms with Crippen LogP contribution in [0.1, 0.15) is 41.1 Å². The van der Waals surface area contributed by atoms with Gasteiger partial charge in [-0.15, -0.1) is 11.3 Å². The van der Waals surface area contributed by atoms with E-state index in [9.17, 15) is 9.59 Å². The van der Waals surface area contributed by atoms with Crippen molar-refractivity contribution in [2.75, 3.05) is 11.9 Å². The number of anilines is 1. The van der Waals surface area contributed by atoms with E-state index in [4.69, 9.17) is 0 Å². The monoisotopic (exact) mass is 402 g/mol. The van der Waals surface area contributed by atoms with Gasteiger partial charge in [0.05, 0.1) is 12.2 Å². The van der Waals surface area contributed by atoms with E-state index in [-0.39, 0.29) is 18.0 Å². The minimum atomic E-state index is -0.181. The number of thiophene rings is 1. The number of nitrogens with one attached hydrogen (secondary N) is 2. The molecule has 1 aliphatic heterocycles. The van der Waals surface area contributed by atoms with Crippen LogP contribution in [0.15, 0.2) is 23.6 Å². The highest BCUT2D eigenvalue weighted by molar-refractivity contribution is 7.15. The average molecular weight is 403 g/mol. The molecule has 142 valence electrons. The number of urea groups is 1. The maximum absolute atomic E-state index is 12.4. The Kier molecular flexibility index (Phi) is 5.54. The lowest BCUT2D eigenvalue weighted by atomic mass is 10.2. The molecular weight excluding hydrogens is 380 g/mol. The van der Waals surface area contributed by atoms with Gasteiger partial charge in [-0.05, 0) is 30.4 Å². The molecule has 3 heterocycles. The molecule has 0 saturated heterocycles. The fourth-order valence-corrected chi connectivity index (χ4v) is 5.11. The van der Waals surface area contributed by atoms with Crippen molar-refractivity contribution in [2.45, 2.75) is 44.7 Å². The number of fused-ring (bicyclic) bond motifs is 1. The molecule has 1 aliphatic carbocycles. The molecule has 0 bridgehead atoms. The summed E-state index contributed by atoms with van der Waals surface area (Å²) in [7, 11) is 0. The van der Waals surface area contributed by atoms with E-state index in [2.05, 4.69) is 15.6 Å². The number of carbonyl (C=O) groups is 2. The third-order valence-electron chi connectivity index (χ3n) is 4.89. The predicted octanol–water partition coefficient (Wildman–Crippen LogP) is 3.87. The van der Waals surface area contributed by atoms with Crippen LogP contribution in [-0.4, -0.2) is 34.4 Å². The summed E-state index contributed by atoms with van der Waals surface area (Å²) in [5, 5.41) is 8.47. The maximum Gasteiger partial charge on any atom is 0.321 e. The van der Waals surface area contributed by atoms with Crippen molar-refractivity contribution < 1.29 is 9.59 Å². The van der Waals surface area contributed by atoms with E-state index in [1.807, 2.05) is 28.5 Å². The molecule has 0 atom stereocenters. The number of nitrogens with zero attached hydrogens (tertiary/aromatic N) is 2. The summed E-state index contributed by atoms with van der Waals surface area (Å²) in [6.45, 7) is 1.20. The van der Waals surface area contributed by atoms with Gasteiger partial charge in [-0.1, -0.05) is 30.2 Å². The first-order chi connectivity index (χ1) is 13.2. The van der Waals surface area contributed by atoms with Crippen molar-refractivity contribution in [3.8, 4) is 0 Å². The minimum absolute atomic E-state index is 0.0101. The number of hydrogen-bond donors (Lipinski definition) is 2. The summed E-state index contributed by atoms with van der Waals surface area (Å²) in [4.78, 5) is 33.0. The van der Waals surface area contributed by atoms with E-state index in [1.54, 1.807) is 17.4 Å². The van der Waals surface area contributed by atoms with Crippen molar-refractivity contribution >= 4 is 45.8 Å². The zero-order valence-corrected chi connectivity index (χ0v) is 16.6. The third kappa shape index (κ3) is 4.56. The largest absolute Gasteiger partial charge is 0.335 e. The quantitative estimate of drug-likeness (QED) is 0.763. The van der Waals surface area contributed by atoms with Gasteiger partial charge in [-0.25, -0.2) is 9.78 Å². The second kappa shape index (κ2) is 8.22. The van der Waals surface area contributed by atoms with E-state index in [0.717, 1.165) is 34.7 Å². The topological polar surface area (TPSA) is 74.3 Å². The van der Waals surface area contributed by atoms with Crippen LogP contribution in [0.4, 0.5) is 9.93 Å². The normalized spacial score (nSPS) is 17.3. The molecule has 0 unspecified atom stereocenters. The molecule has 27 heavy (non-hydrogen) atoms. The van der Waals surface area contributed by atoms with Crippen molar-refractivity contribution in [3.05, 3.63) is 39.0 Å². The SMILES string of the molecule is O=C(Nc1nc2c(s1)CN(C(=O)/C=C/c1cccs1)CC2)NC1CCCC1. The van der Waals surface area contributed by atoms with Crippen molar-refractivity contribution in [2.24, 2.45) is 0 Å². The summed E-state index contributed by atoms with van der Waals surface area (Å²) in [6, 6.07) is 4.06. The molecule has 2 aromatic rings. The van der Waals surface area contributed by atoms with Crippen molar-refractivity contribution in [1.29, 1.82) is 0 Å². The van der Waals surface area contributed by atoms with Crippen LogP contribution in [0, 0.1) is 0 Å². The molecule has 2 N–H and O–H groups in total. The Hall–Kier alpha value is -2.19. The molecule has 8 heteroatoms. The lowest BCUT2D eigenvalue weighted by Gasteiger charge is -2.24. The number of hydrogen-bond acceptors (Lipinski definition) is 5. The van der Waals surface area contributed by atoms with Gasteiger partial charge in [-0.3, -0.25) is 10.1 Å². The lowest BCUT2D eigenvalue weighted by Crippen LogP contribution is -2.36. The number of aromatic nitrogens is 1. The van der Waals surface area contributed by atoms with Crippen LogP contribution in [0.3, 0.4) is 0 Å². The van der Waals surface area contributed by atoms with E-state index in [0.29, 0.717) is 18.2 Å². The minimum Gasteiger partial charge on any atom is -0.335 e. The third-order valence-corrected chi connectivity index (χ3v) is 6.72. The maximum atomic E-state index is 12.4. The van der Waals surface area contributed by atoms with Gasteiger partial charge in [0.2, 0.25) is 5.91 Å². The molecule has 2 aromatic heterocycles. The van der Waals surface area contributed by atoms with Crippen LogP contribution in [-0.2, 0) is 17.8 Å². The molecule has 3 amide bonds. The number of amides is 3. The van der Waals surface area contributed by atoms with Crippen molar-refractivity contribution in [1.82, 2.24) is 15.2 Å². The van der Waals surface area contributed by atoms with Gasteiger partial charge in [0.15, 0.2) is 5.13 Å². The average Bonchev–Trinajstić information content (AvgIpc) is 3.40. The molecular formula is C19H22N4O2S2. The summed E-state index contributed by atoms with van der Waals surface area (Å²) in [5.74, 6) is 0.0101. The Bertz CT molecular complexity index is 838. The van der Waals surface area contributed by atoms with Gasteiger partial charge < -0.3 is 10.2 Å². The molecule has 0 aromatic carbocycles. The van der Waals surface area contributed by atoms with Crippen LogP contribution in [0.25, 0.3) is 6.08 Å². The summed E-state index contributed by atoms with van der Waals surface area (Å²) in [6.07, 6.45) is 8.68. The Morgan fingerprint density at radius 1 is 1.30 bits per heavy atom. The summed E-state index contributed by atoms with van der Waals surface area (Å²) in [5.41, 5.74) is 0.988. The fraction of sp³-hybridized carbons (Fsp3) is 0.421. The van der Waals surface area contributed by atoms with Gasteiger partial charge >= 0.3 is 6.03 Å².